The fourth-order valence-electron chi connectivity index (χ4n) is 3.15. The molecule has 0 saturated heterocycles. The molecule has 0 aliphatic heterocycles. The lowest BCUT2D eigenvalue weighted by atomic mass is 9.90. The molecule has 0 atom stereocenters. The summed E-state index contributed by atoms with van der Waals surface area (Å²) in [4.78, 5) is 23.6. The number of aromatic carboxylic acids is 1. The van der Waals surface area contributed by atoms with Crippen molar-refractivity contribution in [1.29, 1.82) is 0 Å². The van der Waals surface area contributed by atoms with Crippen molar-refractivity contribution in [3.63, 3.8) is 0 Å². The molecule has 0 aromatic heterocycles. The van der Waals surface area contributed by atoms with Crippen molar-refractivity contribution in [2.45, 2.75) is 32.1 Å². The Bertz CT molecular complexity index is 752. The first-order chi connectivity index (χ1) is 11.1. The van der Waals surface area contributed by atoms with Gasteiger partial charge >= 0.3 is 5.97 Å². The molecule has 118 valence electrons. The number of rotatable bonds is 4. The number of hydrogen-bond donors (Lipinski definition) is 2. The second-order valence-corrected chi connectivity index (χ2v) is 5.84. The van der Waals surface area contributed by atoms with Gasteiger partial charge in [-0.05, 0) is 54.5 Å². The van der Waals surface area contributed by atoms with Crippen molar-refractivity contribution >= 4 is 17.6 Å². The normalized spacial score (nSPS) is 13.2. The molecule has 3 rings (SSSR count). The van der Waals surface area contributed by atoms with E-state index in [4.69, 9.17) is 0 Å². The van der Waals surface area contributed by atoms with E-state index in [1.54, 1.807) is 18.2 Å². The zero-order chi connectivity index (χ0) is 16.2. The summed E-state index contributed by atoms with van der Waals surface area (Å²) in [5.74, 6) is -1.19. The van der Waals surface area contributed by atoms with Crippen molar-refractivity contribution in [3.05, 3.63) is 64.7 Å². The lowest BCUT2D eigenvalue weighted by Crippen LogP contribution is -2.18. The van der Waals surface area contributed by atoms with E-state index in [9.17, 15) is 14.7 Å². The average molecular weight is 309 g/mol. The van der Waals surface area contributed by atoms with Gasteiger partial charge < -0.3 is 10.4 Å². The minimum atomic E-state index is -1.01. The van der Waals surface area contributed by atoms with Gasteiger partial charge in [0, 0.05) is 5.69 Å². The molecule has 0 spiro atoms. The van der Waals surface area contributed by atoms with Gasteiger partial charge in [0.2, 0.25) is 5.91 Å². The van der Waals surface area contributed by atoms with E-state index in [-0.39, 0.29) is 17.9 Å². The maximum absolute atomic E-state index is 12.3. The summed E-state index contributed by atoms with van der Waals surface area (Å²) in [5.41, 5.74) is 4.10. The number of anilines is 1. The topological polar surface area (TPSA) is 66.4 Å². The van der Waals surface area contributed by atoms with Gasteiger partial charge in [0.1, 0.15) is 0 Å². The minimum absolute atomic E-state index is 0.0616. The Labute approximate surface area is 135 Å². The Kier molecular flexibility index (Phi) is 4.42. The van der Waals surface area contributed by atoms with E-state index < -0.39 is 5.97 Å². The lowest BCUT2D eigenvalue weighted by molar-refractivity contribution is -0.115. The van der Waals surface area contributed by atoms with Gasteiger partial charge in [-0.25, -0.2) is 4.79 Å². The fourth-order valence-corrected chi connectivity index (χ4v) is 3.15. The molecule has 0 unspecified atom stereocenters. The molecule has 1 amide bonds. The van der Waals surface area contributed by atoms with Gasteiger partial charge in [-0.3, -0.25) is 4.79 Å². The molecule has 2 N–H and O–H groups in total. The van der Waals surface area contributed by atoms with Crippen molar-refractivity contribution in [2.75, 3.05) is 5.32 Å². The van der Waals surface area contributed by atoms with Crippen LogP contribution in [0.5, 0.6) is 0 Å². The Balaban J connectivity index is 1.77. The highest BCUT2D eigenvalue weighted by Crippen LogP contribution is 2.28. The summed E-state index contributed by atoms with van der Waals surface area (Å²) in [6.45, 7) is 0. The summed E-state index contributed by atoms with van der Waals surface area (Å²) in [6.07, 6.45) is 4.43. The molecule has 0 fully saturated rings. The highest BCUT2D eigenvalue weighted by Gasteiger charge is 2.16. The Morgan fingerprint density at radius 3 is 2.61 bits per heavy atom. The smallest absolute Gasteiger partial charge is 0.335 e. The monoisotopic (exact) mass is 309 g/mol. The van der Waals surface area contributed by atoms with Crippen LogP contribution in [0.3, 0.4) is 0 Å². The van der Waals surface area contributed by atoms with E-state index >= 15 is 0 Å². The third kappa shape index (κ3) is 3.42. The quantitative estimate of drug-likeness (QED) is 0.909. The summed E-state index contributed by atoms with van der Waals surface area (Å²) in [6, 6.07) is 12.6. The van der Waals surface area contributed by atoms with E-state index in [2.05, 4.69) is 11.4 Å². The third-order valence-electron chi connectivity index (χ3n) is 4.27. The molecule has 1 aliphatic rings. The second kappa shape index (κ2) is 6.65. The number of aryl methyl sites for hydroxylation is 1. The first kappa shape index (κ1) is 15.3. The van der Waals surface area contributed by atoms with Crippen molar-refractivity contribution < 1.29 is 14.7 Å². The van der Waals surface area contributed by atoms with Crippen LogP contribution in [0, 0.1) is 0 Å². The Morgan fingerprint density at radius 2 is 1.78 bits per heavy atom. The molecule has 0 radical (unpaired) electrons. The number of carbonyl (C=O) groups is 2. The number of fused-ring (bicyclic) bond motifs is 1. The third-order valence-corrected chi connectivity index (χ3v) is 4.27. The van der Waals surface area contributed by atoms with E-state index in [1.165, 1.54) is 23.6 Å². The predicted molar refractivity (Wildman–Crippen MR) is 88.8 cm³/mol. The van der Waals surface area contributed by atoms with Crippen molar-refractivity contribution in [3.8, 4) is 0 Å². The number of benzene rings is 2. The maximum Gasteiger partial charge on any atom is 0.335 e. The minimum Gasteiger partial charge on any atom is -0.478 e. The second-order valence-electron chi connectivity index (χ2n) is 5.84. The van der Waals surface area contributed by atoms with E-state index in [1.807, 2.05) is 12.1 Å². The van der Waals surface area contributed by atoms with Crippen LogP contribution in [0.2, 0.25) is 0 Å². The molecule has 0 saturated carbocycles. The molecular weight excluding hydrogens is 290 g/mol. The zero-order valence-electron chi connectivity index (χ0n) is 12.8. The molecule has 0 bridgehead atoms. The lowest BCUT2D eigenvalue weighted by Gasteiger charge is -2.19. The van der Waals surface area contributed by atoms with Crippen LogP contribution in [0.15, 0.2) is 42.5 Å². The van der Waals surface area contributed by atoms with Gasteiger partial charge in [0.15, 0.2) is 0 Å². The van der Waals surface area contributed by atoms with E-state index in [0.717, 1.165) is 24.9 Å². The van der Waals surface area contributed by atoms with Crippen LogP contribution >= 0.6 is 0 Å². The van der Waals surface area contributed by atoms with Gasteiger partial charge in [0.25, 0.3) is 0 Å². The van der Waals surface area contributed by atoms with Crippen LogP contribution in [0.25, 0.3) is 0 Å². The van der Waals surface area contributed by atoms with Crippen molar-refractivity contribution in [1.82, 2.24) is 0 Å². The molecule has 0 heterocycles. The molecule has 2 aromatic rings. The molecular formula is C19H19NO3. The van der Waals surface area contributed by atoms with Crippen LogP contribution < -0.4 is 5.32 Å². The van der Waals surface area contributed by atoms with Crippen LogP contribution in [-0.4, -0.2) is 17.0 Å². The standard InChI is InChI=1S/C19H19NO3/c21-18(12-14-7-2-4-10-16(14)19(22)23)20-17-11-5-8-13-6-1-3-9-15(13)17/h2,4-5,7-8,10-11H,1,3,6,9,12H2,(H,20,21)(H,22,23). The van der Waals surface area contributed by atoms with Gasteiger partial charge in [-0.15, -0.1) is 0 Å². The van der Waals surface area contributed by atoms with Gasteiger partial charge in [-0.1, -0.05) is 30.3 Å². The van der Waals surface area contributed by atoms with Crippen LogP contribution in [0.4, 0.5) is 5.69 Å². The summed E-state index contributed by atoms with van der Waals surface area (Å²) >= 11 is 0. The van der Waals surface area contributed by atoms with Crippen LogP contribution in [0.1, 0.15) is 39.9 Å². The molecule has 23 heavy (non-hydrogen) atoms. The molecule has 4 nitrogen and oxygen atoms in total. The highest BCUT2D eigenvalue weighted by atomic mass is 16.4. The highest BCUT2D eigenvalue weighted by molar-refractivity contribution is 5.96. The summed E-state index contributed by atoms with van der Waals surface area (Å²) in [7, 11) is 0. The van der Waals surface area contributed by atoms with Gasteiger partial charge in [0.05, 0.1) is 12.0 Å². The fraction of sp³-hybridized carbons (Fsp3) is 0.263. The van der Waals surface area contributed by atoms with E-state index in [0.29, 0.717) is 5.56 Å². The number of carboxylic acid groups (broad SMARTS) is 1. The number of hydrogen-bond acceptors (Lipinski definition) is 2. The maximum atomic E-state index is 12.3. The number of nitrogens with one attached hydrogen (secondary N) is 1. The summed E-state index contributed by atoms with van der Waals surface area (Å²) < 4.78 is 0. The first-order valence-corrected chi connectivity index (χ1v) is 7.87. The number of amides is 1. The van der Waals surface area contributed by atoms with Crippen LogP contribution in [-0.2, 0) is 24.1 Å². The molecule has 4 heteroatoms. The predicted octanol–water partition coefficient (Wildman–Crippen LogP) is 3.44. The number of carbonyl (C=O) groups excluding carboxylic acids is 1. The molecule has 1 aliphatic carbocycles. The number of carboxylic acids is 1. The largest absolute Gasteiger partial charge is 0.478 e. The Morgan fingerprint density at radius 1 is 1.00 bits per heavy atom. The molecule has 2 aromatic carbocycles. The van der Waals surface area contributed by atoms with Gasteiger partial charge in [-0.2, -0.15) is 0 Å². The SMILES string of the molecule is O=C(Cc1ccccc1C(=O)O)Nc1cccc2c1CCCC2. The first-order valence-electron chi connectivity index (χ1n) is 7.87. The Hall–Kier alpha value is -2.62. The zero-order valence-corrected chi connectivity index (χ0v) is 12.8. The van der Waals surface area contributed by atoms with Crippen molar-refractivity contribution in [2.24, 2.45) is 0 Å². The average Bonchev–Trinajstić information content (AvgIpc) is 2.55. The summed E-state index contributed by atoms with van der Waals surface area (Å²) in [5, 5.41) is 12.1.